The molecule has 0 amide bonds. The highest BCUT2D eigenvalue weighted by Gasteiger charge is 2.42. The Bertz CT molecular complexity index is 1400. The van der Waals surface area contributed by atoms with Crippen LogP contribution in [0.5, 0.6) is 0 Å². The SMILES string of the molecule is c1ccc(-n2ccc([Si](c3ccccc3)(c3ccccc3)c3ccn(-c4ccccn4)c3)c2)cc1. The first-order valence-electron chi connectivity index (χ1n) is 11.8. The number of benzene rings is 3. The molecule has 168 valence electrons. The van der Waals surface area contributed by atoms with E-state index >= 15 is 0 Å². The summed E-state index contributed by atoms with van der Waals surface area (Å²) in [4.78, 5) is 4.58. The second kappa shape index (κ2) is 9.09. The number of pyridine rings is 1. The van der Waals surface area contributed by atoms with Crippen LogP contribution < -0.4 is 20.7 Å². The second-order valence-electron chi connectivity index (χ2n) is 8.62. The second-order valence-corrected chi connectivity index (χ2v) is 12.4. The summed E-state index contributed by atoms with van der Waals surface area (Å²) in [6.07, 6.45) is 10.8. The van der Waals surface area contributed by atoms with Gasteiger partial charge >= 0.3 is 0 Å². The van der Waals surface area contributed by atoms with E-state index in [1.54, 1.807) is 0 Å². The van der Waals surface area contributed by atoms with Gasteiger partial charge in [0.05, 0.1) is 0 Å². The normalized spacial score (nSPS) is 11.4. The third kappa shape index (κ3) is 3.74. The number of aromatic nitrogens is 3. The fraction of sp³-hybridized carbons (Fsp3) is 0. The van der Waals surface area contributed by atoms with Gasteiger partial charge in [-0.3, -0.25) is 0 Å². The predicted molar refractivity (Wildman–Crippen MR) is 147 cm³/mol. The van der Waals surface area contributed by atoms with E-state index in [1.807, 2.05) is 24.4 Å². The van der Waals surface area contributed by atoms with Gasteiger partial charge < -0.3 is 9.13 Å². The first-order valence-corrected chi connectivity index (χ1v) is 13.8. The Balaban J connectivity index is 1.62. The molecule has 0 unspecified atom stereocenters. The van der Waals surface area contributed by atoms with Crippen molar-refractivity contribution in [3.63, 3.8) is 0 Å². The van der Waals surface area contributed by atoms with Crippen LogP contribution in [0.1, 0.15) is 0 Å². The minimum atomic E-state index is -2.59. The van der Waals surface area contributed by atoms with Crippen molar-refractivity contribution in [2.45, 2.75) is 0 Å². The molecule has 3 aromatic heterocycles. The van der Waals surface area contributed by atoms with Gasteiger partial charge in [0.1, 0.15) is 5.82 Å². The monoisotopic (exact) mass is 467 g/mol. The number of hydrogen-bond acceptors (Lipinski definition) is 1. The van der Waals surface area contributed by atoms with Crippen LogP contribution >= 0.6 is 0 Å². The molecule has 0 saturated heterocycles. The van der Waals surface area contributed by atoms with Crippen LogP contribution in [0.3, 0.4) is 0 Å². The Morgan fingerprint density at radius 1 is 0.457 bits per heavy atom. The van der Waals surface area contributed by atoms with Crippen LogP contribution in [-0.2, 0) is 0 Å². The topological polar surface area (TPSA) is 22.8 Å². The Hall–Kier alpha value is -4.41. The molecule has 3 nitrogen and oxygen atoms in total. The summed E-state index contributed by atoms with van der Waals surface area (Å²) in [6, 6.07) is 43.1. The van der Waals surface area contributed by atoms with Crippen LogP contribution in [0, 0.1) is 0 Å². The molecular formula is C31H25N3Si. The maximum atomic E-state index is 4.58. The average Bonchev–Trinajstić information content (AvgIpc) is 3.63. The van der Waals surface area contributed by atoms with Crippen molar-refractivity contribution in [1.82, 2.24) is 14.1 Å². The molecule has 0 aliphatic heterocycles. The average molecular weight is 468 g/mol. The van der Waals surface area contributed by atoms with E-state index in [-0.39, 0.29) is 0 Å². The Morgan fingerprint density at radius 3 is 1.54 bits per heavy atom. The van der Waals surface area contributed by atoms with E-state index in [2.05, 4.69) is 142 Å². The van der Waals surface area contributed by atoms with E-state index in [0.29, 0.717) is 0 Å². The Kier molecular flexibility index (Phi) is 5.49. The fourth-order valence-electron chi connectivity index (χ4n) is 5.02. The molecule has 0 N–H and O–H groups in total. The van der Waals surface area contributed by atoms with E-state index in [0.717, 1.165) is 11.5 Å². The Morgan fingerprint density at radius 2 is 0.971 bits per heavy atom. The molecule has 0 fully saturated rings. The van der Waals surface area contributed by atoms with E-state index in [1.165, 1.54) is 20.7 Å². The molecule has 0 radical (unpaired) electrons. The zero-order valence-corrected chi connectivity index (χ0v) is 20.3. The highest BCUT2D eigenvalue weighted by molar-refractivity contribution is 7.19. The van der Waals surface area contributed by atoms with Crippen LogP contribution in [-0.4, -0.2) is 22.2 Å². The van der Waals surface area contributed by atoms with Crippen molar-refractivity contribution in [2.24, 2.45) is 0 Å². The molecule has 3 heterocycles. The van der Waals surface area contributed by atoms with E-state index in [4.69, 9.17) is 0 Å². The lowest BCUT2D eigenvalue weighted by Gasteiger charge is -2.32. The molecule has 0 atom stereocenters. The van der Waals surface area contributed by atoms with Crippen LogP contribution in [0.2, 0.25) is 0 Å². The Labute approximate surface area is 206 Å². The predicted octanol–water partition coefficient (Wildman–Crippen LogP) is 4.04. The lowest BCUT2D eigenvalue weighted by atomic mass is 10.3. The van der Waals surface area contributed by atoms with E-state index < -0.39 is 8.07 Å². The summed E-state index contributed by atoms with van der Waals surface area (Å²) in [5.74, 6) is 0.921. The molecule has 6 rings (SSSR count). The van der Waals surface area contributed by atoms with Gasteiger partial charge in [-0.2, -0.15) is 0 Å². The van der Waals surface area contributed by atoms with Gasteiger partial charge in [0.15, 0.2) is 8.07 Å². The third-order valence-corrected chi connectivity index (χ3v) is 11.4. The molecule has 0 spiro atoms. The summed E-state index contributed by atoms with van der Waals surface area (Å²) >= 11 is 0. The fourth-order valence-corrected chi connectivity index (χ4v) is 9.72. The minimum absolute atomic E-state index is 0.921. The third-order valence-electron chi connectivity index (χ3n) is 6.63. The molecule has 0 aliphatic rings. The maximum Gasteiger partial charge on any atom is 0.182 e. The maximum absolute atomic E-state index is 4.58. The summed E-state index contributed by atoms with van der Waals surface area (Å²) in [7, 11) is -2.59. The minimum Gasteiger partial charge on any atom is -0.324 e. The summed E-state index contributed by atoms with van der Waals surface area (Å²) < 4.78 is 4.37. The molecule has 35 heavy (non-hydrogen) atoms. The number of nitrogens with zero attached hydrogens (tertiary/aromatic N) is 3. The van der Waals surface area contributed by atoms with Gasteiger partial charge in [-0.15, -0.1) is 0 Å². The van der Waals surface area contributed by atoms with Crippen molar-refractivity contribution in [3.05, 3.63) is 152 Å². The first-order chi connectivity index (χ1) is 17.4. The molecule has 0 aliphatic carbocycles. The number of hydrogen-bond donors (Lipinski definition) is 0. The lowest BCUT2D eigenvalue weighted by molar-refractivity contribution is 1.01. The smallest absolute Gasteiger partial charge is 0.182 e. The van der Waals surface area contributed by atoms with Gasteiger partial charge in [0.25, 0.3) is 0 Å². The summed E-state index contributed by atoms with van der Waals surface area (Å²) in [6.45, 7) is 0. The van der Waals surface area contributed by atoms with Crippen molar-refractivity contribution in [1.29, 1.82) is 0 Å². The van der Waals surface area contributed by atoms with Crippen molar-refractivity contribution in [3.8, 4) is 11.5 Å². The quantitative estimate of drug-likeness (QED) is 0.339. The molecular weight excluding hydrogens is 442 g/mol. The molecule has 0 saturated carbocycles. The van der Waals surface area contributed by atoms with Gasteiger partial charge in [-0.05, 0) is 57.1 Å². The van der Waals surface area contributed by atoms with Crippen LogP contribution in [0.25, 0.3) is 11.5 Å². The van der Waals surface area contributed by atoms with Crippen molar-refractivity contribution in [2.75, 3.05) is 0 Å². The molecule has 0 bridgehead atoms. The highest BCUT2D eigenvalue weighted by Crippen LogP contribution is 2.14. The lowest BCUT2D eigenvalue weighted by Crippen LogP contribution is -2.74. The van der Waals surface area contributed by atoms with Gasteiger partial charge in [0.2, 0.25) is 0 Å². The van der Waals surface area contributed by atoms with Crippen LogP contribution in [0.15, 0.2) is 152 Å². The number of rotatable bonds is 6. The summed E-state index contributed by atoms with van der Waals surface area (Å²) in [5.41, 5.74) is 1.16. The van der Waals surface area contributed by atoms with Gasteiger partial charge in [-0.1, -0.05) is 84.9 Å². The standard InChI is InChI=1S/C31H25N3Si/c1-4-12-26(13-5-1)33-22-19-29(24-33)35(27-14-6-2-7-15-27,28-16-8-3-9-17-28)30-20-23-34(25-30)31-18-10-11-21-32-31/h1-25H. The zero-order valence-electron chi connectivity index (χ0n) is 19.3. The largest absolute Gasteiger partial charge is 0.324 e. The molecule has 6 aromatic rings. The highest BCUT2D eigenvalue weighted by atomic mass is 28.3. The van der Waals surface area contributed by atoms with E-state index in [9.17, 15) is 0 Å². The van der Waals surface area contributed by atoms with Crippen molar-refractivity contribution >= 4 is 28.8 Å². The molecule has 3 aromatic carbocycles. The van der Waals surface area contributed by atoms with Gasteiger partial charge in [0, 0.05) is 36.7 Å². The number of para-hydroxylation sites is 1. The van der Waals surface area contributed by atoms with Gasteiger partial charge in [-0.25, -0.2) is 4.98 Å². The van der Waals surface area contributed by atoms with Crippen molar-refractivity contribution < 1.29 is 0 Å². The zero-order chi connectivity index (χ0) is 23.5. The first kappa shape index (κ1) is 21.1. The summed E-state index contributed by atoms with van der Waals surface area (Å²) in [5, 5.41) is 5.38. The van der Waals surface area contributed by atoms with Crippen LogP contribution in [0.4, 0.5) is 0 Å². The molecule has 4 heteroatoms.